The summed E-state index contributed by atoms with van der Waals surface area (Å²) < 4.78 is 27.2. The van der Waals surface area contributed by atoms with Gasteiger partial charge in [-0.1, -0.05) is 29.3 Å². The molecule has 4 nitrogen and oxygen atoms in total. The highest BCUT2D eigenvalue weighted by Crippen LogP contribution is 2.28. The van der Waals surface area contributed by atoms with Crippen molar-refractivity contribution in [2.24, 2.45) is 7.05 Å². The summed E-state index contributed by atoms with van der Waals surface area (Å²) in [6.07, 6.45) is 0. The lowest BCUT2D eigenvalue weighted by molar-refractivity contribution is 0.595. The summed E-state index contributed by atoms with van der Waals surface area (Å²) in [6, 6.07) is 9.88. The van der Waals surface area contributed by atoms with Crippen molar-refractivity contribution in [3.63, 3.8) is 0 Å². The Morgan fingerprint density at radius 1 is 1.13 bits per heavy atom. The van der Waals surface area contributed by atoms with E-state index in [0.29, 0.717) is 10.6 Å². The first-order valence-electron chi connectivity index (χ1n) is 6.88. The van der Waals surface area contributed by atoms with Crippen LogP contribution < -0.4 is 0 Å². The predicted molar refractivity (Wildman–Crippen MR) is 92.8 cm³/mol. The van der Waals surface area contributed by atoms with Crippen LogP contribution in [0.15, 0.2) is 41.3 Å². The Kier molecular flexibility index (Phi) is 4.12. The number of hydrogen-bond donors (Lipinski definition) is 0. The van der Waals surface area contributed by atoms with Gasteiger partial charge in [0, 0.05) is 12.1 Å². The number of hydrogen-bond acceptors (Lipinski definition) is 3. The first kappa shape index (κ1) is 16.3. The zero-order chi connectivity index (χ0) is 16.8. The number of aromatic nitrogens is 2. The van der Waals surface area contributed by atoms with Gasteiger partial charge in [0.1, 0.15) is 5.82 Å². The smallest absolute Gasteiger partial charge is 0.184 e. The monoisotopic (exact) mass is 368 g/mol. The van der Waals surface area contributed by atoms with E-state index in [2.05, 4.69) is 4.98 Å². The molecule has 0 saturated carbocycles. The van der Waals surface area contributed by atoms with Gasteiger partial charge in [-0.05, 0) is 42.8 Å². The van der Waals surface area contributed by atoms with Gasteiger partial charge in [-0.25, -0.2) is 13.4 Å². The molecule has 0 radical (unpaired) electrons. The van der Waals surface area contributed by atoms with Crippen LogP contribution in [0, 0.1) is 6.92 Å². The van der Waals surface area contributed by atoms with Crippen LogP contribution in [-0.4, -0.2) is 18.0 Å². The van der Waals surface area contributed by atoms with E-state index in [0.717, 1.165) is 16.9 Å². The molecule has 0 aliphatic heterocycles. The van der Waals surface area contributed by atoms with E-state index in [1.165, 1.54) is 12.1 Å². The molecule has 2 aromatic carbocycles. The second kappa shape index (κ2) is 5.82. The van der Waals surface area contributed by atoms with Gasteiger partial charge in [0.05, 0.1) is 26.7 Å². The minimum Gasteiger partial charge on any atom is -0.331 e. The van der Waals surface area contributed by atoms with Crippen LogP contribution in [0.4, 0.5) is 0 Å². The molecule has 0 fully saturated rings. The Bertz CT molecular complexity index is 1010. The number of halogens is 2. The van der Waals surface area contributed by atoms with Gasteiger partial charge in [-0.3, -0.25) is 0 Å². The van der Waals surface area contributed by atoms with Crippen molar-refractivity contribution in [1.29, 1.82) is 0 Å². The highest BCUT2D eigenvalue weighted by Gasteiger charge is 2.20. The van der Waals surface area contributed by atoms with Crippen molar-refractivity contribution in [3.8, 4) is 0 Å². The standard InChI is InChI=1S/C16H14Cl2N2O2S/c1-10-19-14-7-11(3-6-15(14)20(10)2)9-23(21,22)16-8-12(17)4-5-13(16)18/h3-8H,9H2,1-2H3. The molecule has 0 saturated heterocycles. The van der Waals surface area contributed by atoms with Crippen LogP contribution in [-0.2, 0) is 22.6 Å². The van der Waals surface area contributed by atoms with Crippen LogP contribution in [0.25, 0.3) is 11.0 Å². The van der Waals surface area contributed by atoms with Gasteiger partial charge >= 0.3 is 0 Å². The van der Waals surface area contributed by atoms with Gasteiger partial charge in [0.15, 0.2) is 9.84 Å². The minimum atomic E-state index is -3.59. The average molecular weight is 369 g/mol. The Hall–Kier alpha value is -1.56. The van der Waals surface area contributed by atoms with Crippen molar-refractivity contribution < 1.29 is 8.42 Å². The van der Waals surface area contributed by atoms with Crippen molar-refractivity contribution in [1.82, 2.24) is 9.55 Å². The fourth-order valence-electron chi connectivity index (χ4n) is 2.47. The number of nitrogens with zero attached hydrogens (tertiary/aromatic N) is 2. The lowest BCUT2D eigenvalue weighted by Crippen LogP contribution is -2.06. The van der Waals surface area contributed by atoms with Crippen molar-refractivity contribution in [2.45, 2.75) is 17.6 Å². The van der Waals surface area contributed by atoms with Crippen LogP contribution in [0.5, 0.6) is 0 Å². The minimum absolute atomic E-state index is 0.0453. The van der Waals surface area contributed by atoms with Crippen LogP contribution in [0.2, 0.25) is 10.0 Å². The van der Waals surface area contributed by atoms with Crippen LogP contribution in [0.1, 0.15) is 11.4 Å². The molecule has 0 atom stereocenters. The third-order valence-corrected chi connectivity index (χ3v) is 6.15. The van der Waals surface area contributed by atoms with E-state index in [1.807, 2.05) is 24.6 Å². The normalized spacial score (nSPS) is 12.0. The van der Waals surface area contributed by atoms with E-state index in [-0.39, 0.29) is 15.7 Å². The molecule has 0 aliphatic rings. The van der Waals surface area contributed by atoms with Crippen molar-refractivity contribution in [2.75, 3.05) is 0 Å². The van der Waals surface area contributed by atoms with Gasteiger partial charge in [0.2, 0.25) is 0 Å². The summed E-state index contributed by atoms with van der Waals surface area (Å²) in [5, 5.41) is 0.507. The largest absolute Gasteiger partial charge is 0.331 e. The highest BCUT2D eigenvalue weighted by atomic mass is 35.5. The maximum atomic E-state index is 12.6. The summed E-state index contributed by atoms with van der Waals surface area (Å²) in [7, 11) is -1.67. The quantitative estimate of drug-likeness (QED) is 0.697. The number of rotatable bonds is 3. The van der Waals surface area contributed by atoms with Gasteiger partial charge in [0.25, 0.3) is 0 Å². The van der Waals surface area contributed by atoms with E-state index in [1.54, 1.807) is 18.2 Å². The Labute approximate surface area is 144 Å². The molecule has 0 N–H and O–H groups in total. The second-order valence-electron chi connectivity index (χ2n) is 5.37. The fraction of sp³-hybridized carbons (Fsp3) is 0.188. The molecule has 0 bridgehead atoms. The number of sulfone groups is 1. The SMILES string of the molecule is Cc1nc2cc(CS(=O)(=O)c3cc(Cl)ccc3Cl)ccc2n1C. The van der Waals surface area contributed by atoms with E-state index >= 15 is 0 Å². The molecule has 0 unspecified atom stereocenters. The van der Waals surface area contributed by atoms with Gasteiger partial charge < -0.3 is 4.57 Å². The topological polar surface area (TPSA) is 52.0 Å². The molecule has 23 heavy (non-hydrogen) atoms. The first-order valence-corrected chi connectivity index (χ1v) is 9.28. The molecule has 0 amide bonds. The zero-order valence-corrected chi connectivity index (χ0v) is 14.9. The molecule has 0 spiro atoms. The third kappa shape index (κ3) is 3.09. The average Bonchev–Trinajstić information content (AvgIpc) is 2.75. The third-order valence-electron chi connectivity index (χ3n) is 3.75. The summed E-state index contributed by atoms with van der Waals surface area (Å²) in [5.41, 5.74) is 2.39. The number of aryl methyl sites for hydroxylation is 2. The Morgan fingerprint density at radius 3 is 2.61 bits per heavy atom. The molecule has 3 rings (SSSR count). The molecule has 1 heterocycles. The maximum Gasteiger partial charge on any atom is 0.184 e. The summed E-state index contributed by atoms with van der Waals surface area (Å²) >= 11 is 11.9. The summed E-state index contributed by atoms with van der Waals surface area (Å²) in [4.78, 5) is 4.47. The molecule has 0 aliphatic carbocycles. The molecule has 7 heteroatoms. The van der Waals surface area contributed by atoms with Gasteiger partial charge in [-0.2, -0.15) is 0 Å². The number of imidazole rings is 1. The van der Waals surface area contributed by atoms with E-state index in [9.17, 15) is 8.42 Å². The number of benzene rings is 2. The lowest BCUT2D eigenvalue weighted by Gasteiger charge is -2.07. The van der Waals surface area contributed by atoms with Crippen molar-refractivity contribution >= 4 is 44.1 Å². The van der Waals surface area contributed by atoms with Crippen LogP contribution in [0.3, 0.4) is 0 Å². The molecular weight excluding hydrogens is 355 g/mol. The molecule has 1 aromatic heterocycles. The lowest BCUT2D eigenvalue weighted by atomic mass is 10.2. The summed E-state index contributed by atoms with van der Waals surface area (Å²) in [6.45, 7) is 1.90. The Morgan fingerprint density at radius 2 is 1.87 bits per heavy atom. The van der Waals surface area contributed by atoms with E-state index in [4.69, 9.17) is 23.2 Å². The molecule has 3 aromatic rings. The highest BCUT2D eigenvalue weighted by molar-refractivity contribution is 7.90. The summed E-state index contributed by atoms with van der Waals surface area (Å²) in [5.74, 6) is 0.719. The first-order chi connectivity index (χ1) is 10.8. The molecule has 120 valence electrons. The van der Waals surface area contributed by atoms with E-state index < -0.39 is 9.84 Å². The fourth-order valence-corrected chi connectivity index (χ4v) is 4.62. The van der Waals surface area contributed by atoms with Crippen LogP contribution >= 0.6 is 23.2 Å². The Balaban J connectivity index is 2.02. The predicted octanol–water partition coefficient (Wildman–Crippen LogP) is 4.16. The maximum absolute atomic E-state index is 12.6. The molecular formula is C16H14Cl2N2O2S. The van der Waals surface area contributed by atoms with Crippen molar-refractivity contribution in [3.05, 3.63) is 57.8 Å². The zero-order valence-electron chi connectivity index (χ0n) is 12.5. The second-order valence-corrected chi connectivity index (χ2v) is 8.18. The van der Waals surface area contributed by atoms with Gasteiger partial charge in [-0.15, -0.1) is 0 Å². The number of fused-ring (bicyclic) bond motifs is 1.